The Morgan fingerprint density at radius 2 is 2.29 bits per heavy atom. The van der Waals surface area contributed by atoms with E-state index in [2.05, 4.69) is 10.3 Å². The van der Waals surface area contributed by atoms with Gasteiger partial charge >= 0.3 is 0 Å². The van der Waals surface area contributed by atoms with E-state index in [1.807, 2.05) is 0 Å². The second-order valence-corrected chi connectivity index (χ2v) is 4.03. The number of aliphatic hydroxyl groups excluding tert-OH is 1. The van der Waals surface area contributed by atoms with Gasteiger partial charge in [0.25, 0.3) is 0 Å². The van der Waals surface area contributed by atoms with Crippen LogP contribution in [0.5, 0.6) is 5.88 Å². The number of methoxy groups -OCH3 is 1. The van der Waals surface area contributed by atoms with Crippen LogP contribution < -0.4 is 10.1 Å². The number of aromatic nitrogens is 1. The van der Waals surface area contributed by atoms with Crippen molar-refractivity contribution in [3.63, 3.8) is 0 Å². The number of nitrogens with zero attached hydrogens (tertiary/aromatic N) is 1. The first-order valence-corrected chi connectivity index (χ1v) is 5.49. The summed E-state index contributed by atoms with van der Waals surface area (Å²) in [6.45, 7) is 3.44. The van der Waals surface area contributed by atoms with Gasteiger partial charge in [0.15, 0.2) is 0 Å². The molecule has 0 radical (unpaired) electrons. The van der Waals surface area contributed by atoms with E-state index in [-0.39, 0.29) is 18.4 Å². The van der Waals surface area contributed by atoms with E-state index in [1.165, 1.54) is 7.11 Å². The number of hydrogen-bond donors (Lipinski definition) is 2. The third-order valence-electron chi connectivity index (χ3n) is 2.39. The first-order chi connectivity index (χ1) is 8.08. The molecule has 0 aliphatic rings. The van der Waals surface area contributed by atoms with E-state index in [1.54, 1.807) is 32.2 Å². The van der Waals surface area contributed by atoms with Crippen molar-refractivity contribution in [1.82, 2.24) is 10.3 Å². The fourth-order valence-electron chi connectivity index (χ4n) is 1.33. The topological polar surface area (TPSA) is 71.5 Å². The summed E-state index contributed by atoms with van der Waals surface area (Å²) in [6.07, 6.45) is 1.58. The van der Waals surface area contributed by atoms with Crippen LogP contribution in [-0.4, -0.2) is 29.7 Å². The molecule has 5 heteroatoms. The zero-order chi connectivity index (χ0) is 12.8. The molecule has 1 atom stereocenters. The predicted octanol–water partition coefficient (Wildman–Crippen LogP) is 0.896. The smallest absolute Gasteiger partial charge is 0.223 e. The molecule has 5 nitrogen and oxygen atoms in total. The van der Waals surface area contributed by atoms with E-state index in [0.29, 0.717) is 5.88 Å². The quantitative estimate of drug-likeness (QED) is 0.799. The van der Waals surface area contributed by atoms with Gasteiger partial charge in [0.1, 0.15) is 0 Å². The lowest BCUT2D eigenvalue weighted by atomic mass is 10.1. The first-order valence-electron chi connectivity index (χ1n) is 5.49. The van der Waals surface area contributed by atoms with Crippen LogP contribution in [0.4, 0.5) is 0 Å². The molecule has 1 aromatic rings. The van der Waals surface area contributed by atoms with Gasteiger partial charge in [-0.1, -0.05) is 13.8 Å². The molecule has 0 aliphatic heterocycles. The molecule has 1 rings (SSSR count). The largest absolute Gasteiger partial charge is 0.481 e. The molecule has 0 spiro atoms. The number of amides is 1. The maximum atomic E-state index is 11.6. The van der Waals surface area contributed by atoms with Crippen molar-refractivity contribution in [3.05, 3.63) is 23.9 Å². The van der Waals surface area contributed by atoms with Crippen LogP contribution >= 0.6 is 0 Å². The number of ether oxygens (including phenoxy) is 1. The lowest BCUT2D eigenvalue weighted by Crippen LogP contribution is -2.33. The molecule has 1 heterocycles. The number of pyridine rings is 1. The highest BCUT2D eigenvalue weighted by atomic mass is 16.5. The monoisotopic (exact) mass is 238 g/mol. The Hall–Kier alpha value is -1.62. The Bertz CT molecular complexity index is 380. The number of aliphatic hydroxyl groups is 1. The van der Waals surface area contributed by atoms with Crippen LogP contribution in [0.15, 0.2) is 18.3 Å². The molecule has 1 amide bonds. The Balaban J connectivity index is 2.82. The average molecular weight is 238 g/mol. The van der Waals surface area contributed by atoms with Gasteiger partial charge in [0, 0.05) is 18.2 Å². The molecule has 2 N–H and O–H groups in total. The summed E-state index contributed by atoms with van der Waals surface area (Å²) in [6, 6.07) is 3.01. The average Bonchev–Trinajstić information content (AvgIpc) is 2.35. The number of rotatable bonds is 5. The van der Waals surface area contributed by atoms with Crippen LogP contribution in [0.1, 0.15) is 25.5 Å². The number of nitrogens with one attached hydrogen (secondary N) is 1. The van der Waals surface area contributed by atoms with Crippen molar-refractivity contribution in [2.24, 2.45) is 5.92 Å². The molecule has 0 saturated carbocycles. The normalized spacial score (nSPS) is 12.3. The van der Waals surface area contributed by atoms with Crippen LogP contribution in [0.2, 0.25) is 0 Å². The Kier molecular flexibility index (Phi) is 4.90. The summed E-state index contributed by atoms with van der Waals surface area (Å²) in [7, 11) is 1.52. The molecule has 0 aromatic carbocycles. The molecule has 0 aliphatic carbocycles. The Morgan fingerprint density at radius 3 is 2.82 bits per heavy atom. The van der Waals surface area contributed by atoms with E-state index >= 15 is 0 Å². The molecule has 0 fully saturated rings. The van der Waals surface area contributed by atoms with Crippen LogP contribution in [-0.2, 0) is 4.79 Å². The van der Waals surface area contributed by atoms with Gasteiger partial charge in [-0.25, -0.2) is 4.98 Å². The fraction of sp³-hybridized carbons (Fsp3) is 0.500. The van der Waals surface area contributed by atoms with Gasteiger partial charge in [-0.15, -0.1) is 0 Å². The van der Waals surface area contributed by atoms with Crippen molar-refractivity contribution < 1.29 is 14.6 Å². The summed E-state index contributed by atoms with van der Waals surface area (Å²) in [5.41, 5.74) is 0.772. The molecule has 94 valence electrons. The van der Waals surface area contributed by atoms with Gasteiger partial charge in [-0.2, -0.15) is 0 Å². The van der Waals surface area contributed by atoms with Gasteiger partial charge in [0.05, 0.1) is 19.8 Å². The maximum Gasteiger partial charge on any atom is 0.223 e. The minimum Gasteiger partial charge on any atom is -0.481 e. The fourth-order valence-corrected chi connectivity index (χ4v) is 1.33. The molecule has 0 saturated heterocycles. The summed E-state index contributed by atoms with van der Waals surface area (Å²) in [5, 5.41) is 12.1. The lowest BCUT2D eigenvalue weighted by molar-refractivity contribution is -0.125. The summed E-state index contributed by atoms with van der Waals surface area (Å²) < 4.78 is 5.00. The highest BCUT2D eigenvalue weighted by Crippen LogP contribution is 2.16. The van der Waals surface area contributed by atoms with Gasteiger partial charge in [0.2, 0.25) is 11.8 Å². The lowest BCUT2D eigenvalue weighted by Gasteiger charge is -2.18. The SMILES string of the molecule is COc1cc([C@@H](CO)NC(=O)C(C)C)ccn1. The molecule has 1 aromatic heterocycles. The molecule has 0 bridgehead atoms. The standard InChI is InChI=1S/C12H18N2O3/c1-8(2)12(16)14-10(7-15)9-4-5-13-11(6-9)17-3/h4-6,8,10,15H,7H2,1-3H3,(H,14,16)/t10-/m1/s1. The minimum atomic E-state index is -0.429. The zero-order valence-corrected chi connectivity index (χ0v) is 10.3. The first kappa shape index (κ1) is 13.4. The third kappa shape index (κ3) is 3.71. The van der Waals surface area contributed by atoms with E-state index < -0.39 is 6.04 Å². The second-order valence-electron chi connectivity index (χ2n) is 4.03. The molecule has 0 unspecified atom stereocenters. The molecule has 17 heavy (non-hydrogen) atoms. The second kappa shape index (κ2) is 6.20. The predicted molar refractivity (Wildman–Crippen MR) is 63.6 cm³/mol. The third-order valence-corrected chi connectivity index (χ3v) is 2.39. The summed E-state index contributed by atoms with van der Waals surface area (Å²) in [5.74, 6) is 0.243. The van der Waals surface area contributed by atoms with Crippen LogP contribution in [0.3, 0.4) is 0 Å². The summed E-state index contributed by atoms with van der Waals surface area (Å²) >= 11 is 0. The van der Waals surface area contributed by atoms with Crippen LogP contribution in [0, 0.1) is 5.92 Å². The van der Waals surface area contributed by atoms with Gasteiger partial charge in [-0.3, -0.25) is 4.79 Å². The van der Waals surface area contributed by atoms with Crippen molar-refractivity contribution in [2.45, 2.75) is 19.9 Å². The minimum absolute atomic E-state index is 0.0974. The maximum absolute atomic E-state index is 11.6. The molecular formula is C12H18N2O3. The zero-order valence-electron chi connectivity index (χ0n) is 10.3. The summed E-state index contributed by atoms with van der Waals surface area (Å²) in [4.78, 5) is 15.5. The van der Waals surface area contributed by atoms with Crippen molar-refractivity contribution in [1.29, 1.82) is 0 Å². The number of hydrogen-bond acceptors (Lipinski definition) is 4. The number of carbonyl (C=O) groups is 1. The van der Waals surface area contributed by atoms with Crippen molar-refractivity contribution in [2.75, 3.05) is 13.7 Å². The Morgan fingerprint density at radius 1 is 1.59 bits per heavy atom. The van der Waals surface area contributed by atoms with E-state index in [9.17, 15) is 9.90 Å². The van der Waals surface area contributed by atoms with E-state index in [0.717, 1.165) is 5.56 Å². The van der Waals surface area contributed by atoms with Crippen molar-refractivity contribution >= 4 is 5.91 Å². The highest BCUT2D eigenvalue weighted by molar-refractivity contribution is 5.78. The van der Waals surface area contributed by atoms with Crippen molar-refractivity contribution in [3.8, 4) is 5.88 Å². The van der Waals surface area contributed by atoms with Crippen LogP contribution in [0.25, 0.3) is 0 Å². The van der Waals surface area contributed by atoms with Gasteiger partial charge < -0.3 is 15.2 Å². The molecular weight excluding hydrogens is 220 g/mol. The van der Waals surface area contributed by atoms with Gasteiger partial charge in [-0.05, 0) is 11.6 Å². The van der Waals surface area contributed by atoms with E-state index in [4.69, 9.17) is 4.74 Å². The Labute approximate surface area is 101 Å². The highest BCUT2D eigenvalue weighted by Gasteiger charge is 2.16. The number of carbonyl (C=O) groups excluding carboxylic acids is 1.